The van der Waals surface area contributed by atoms with Gasteiger partial charge in [0.2, 0.25) is 41.9 Å². The van der Waals surface area contributed by atoms with Crippen molar-refractivity contribution < 1.29 is 47.8 Å². The number of hydrogen-bond acceptors (Lipinski definition) is 12. The molecule has 7 atom stereocenters. The van der Waals surface area contributed by atoms with Crippen molar-refractivity contribution in [2.45, 2.75) is 148 Å². The van der Waals surface area contributed by atoms with E-state index < -0.39 is 71.3 Å². The highest BCUT2D eigenvalue weighted by Crippen LogP contribution is 2.33. The molecular formula is C52H70FN9O9S. The van der Waals surface area contributed by atoms with Gasteiger partial charge in [-0.05, 0) is 67.7 Å². The van der Waals surface area contributed by atoms with Gasteiger partial charge < -0.3 is 46.6 Å². The quantitative estimate of drug-likeness (QED) is 0.0747. The zero-order valence-corrected chi connectivity index (χ0v) is 42.9. The molecule has 7 N–H and O–H groups in total. The molecule has 2 saturated heterocycles. The highest BCUT2D eigenvalue weighted by Gasteiger charge is 2.45. The summed E-state index contributed by atoms with van der Waals surface area (Å²) in [6.45, 7) is 10.8. The summed E-state index contributed by atoms with van der Waals surface area (Å²) in [4.78, 5) is 103. The van der Waals surface area contributed by atoms with Crippen LogP contribution in [0.4, 0.5) is 4.39 Å². The van der Waals surface area contributed by atoms with Gasteiger partial charge in [0.25, 0.3) is 0 Å². The number of amides is 7. The van der Waals surface area contributed by atoms with Crippen molar-refractivity contribution in [2.24, 2.45) is 16.9 Å². The molecule has 20 heteroatoms. The second-order valence-corrected chi connectivity index (χ2v) is 21.0. The van der Waals surface area contributed by atoms with Crippen molar-refractivity contribution in [3.05, 3.63) is 82.4 Å². The van der Waals surface area contributed by atoms with Crippen molar-refractivity contribution in [1.82, 2.24) is 35.2 Å². The summed E-state index contributed by atoms with van der Waals surface area (Å²) in [5.74, 6) is -3.14. The number of fused-ring (bicyclic) bond motifs is 1. The van der Waals surface area contributed by atoms with Gasteiger partial charge in [-0.15, -0.1) is 11.3 Å². The van der Waals surface area contributed by atoms with Gasteiger partial charge in [0, 0.05) is 64.4 Å². The molecule has 3 aliphatic rings. The monoisotopic (exact) mass is 1020 g/mol. The Balaban J connectivity index is 1.00. The molecule has 3 aliphatic heterocycles. The van der Waals surface area contributed by atoms with Crippen molar-refractivity contribution in [2.75, 3.05) is 26.2 Å². The van der Waals surface area contributed by atoms with Crippen LogP contribution in [0.15, 0.2) is 59.7 Å². The Morgan fingerprint density at radius 3 is 2.44 bits per heavy atom. The van der Waals surface area contributed by atoms with Crippen molar-refractivity contribution in [3.8, 4) is 16.2 Å². The third-order valence-electron chi connectivity index (χ3n) is 13.7. The molecule has 0 unspecified atom stereocenters. The minimum absolute atomic E-state index is 0.0220. The number of nitrogens with one attached hydrogen (secondary N) is 2. The lowest BCUT2D eigenvalue weighted by Crippen LogP contribution is -2.59. The number of primary amides is 1. The van der Waals surface area contributed by atoms with Gasteiger partial charge in [-0.25, -0.2) is 9.37 Å². The smallest absolute Gasteiger partial charge is 0.247 e. The number of unbranched alkanes of at least 4 members (excludes halogenated alkanes) is 2. The number of aliphatic hydroxyl groups is 1. The number of aryl methyl sites for hydroxylation is 2. The maximum Gasteiger partial charge on any atom is 0.247 e. The van der Waals surface area contributed by atoms with Crippen LogP contribution >= 0.6 is 11.3 Å². The number of likely N-dealkylation sites (tertiary alicyclic amines) is 1. The molecule has 0 spiro atoms. The lowest BCUT2D eigenvalue weighted by atomic mass is 9.85. The number of nitrogens with zero attached hydrogens (tertiary/aromatic N) is 5. The highest BCUT2D eigenvalue weighted by molar-refractivity contribution is 7.13. The molecule has 18 nitrogen and oxygen atoms in total. The van der Waals surface area contributed by atoms with Crippen LogP contribution < -0.4 is 26.8 Å². The minimum Gasteiger partial charge on any atom is -0.488 e. The van der Waals surface area contributed by atoms with Crippen LogP contribution in [0.5, 0.6) is 5.75 Å². The largest absolute Gasteiger partial charge is 0.488 e. The van der Waals surface area contributed by atoms with Gasteiger partial charge in [0.05, 0.1) is 34.3 Å². The van der Waals surface area contributed by atoms with Crippen molar-refractivity contribution in [3.63, 3.8) is 0 Å². The number of β-amino-alcohol motifs (C(OH)–C–C–N with tert-alkyl or cyclic N) is 1. The van der Waals surface area contributed by atoms with E-state index in [4.69, 9.17) is 16.2 Å². The van der Waals surface area contributed by atoms with Gasteiger partial charge in [0.15, 0.2) is 11.6 Å². The first kappa shape index (κ1) is 55.1. The molecule has 3 aromatic rings. The molecule has 6 rings (SSSR count). The number of nitrogens with two attached hydrogens (primary N) is 2. The normalized spacial score (nSPS) is 20.4. The molecule has 390 valence electrons. The third-order valence-corrected chi connectivity index (χ3v) is 14.7. The summed E-state index contributed by atoms with van der Waals surface area (Å²) in [6, 6.07) is 8.49. The van der Waals surface area contributed by atoms with Crippen LogP contribution in [-0.4, -0.2) is 134 Å². The number of aromatic nitrogens is 1. The van der Waals surface area contributed by atoms with E-state index >= 15 is 4.39 Å². The summed E-state index contributed by atoms with van der Waals surface area (Å²) < 4.78 is 22.0. The molecule has 4 heterocycles. The summed E-state index contributed by atoms with van der Waals surface area (Å²) in [7, 11) is 0. The van der Waals surface area contributed by atoms with Gasteiger partial charge in [-0.1, -0.05) is 69.7 Å². The second kappa shape index (κ2) is 24.4. The van der Waals surface area contributed by atoms with E-state index in [1.165, 1.54) is 32.6 Å². The van der Waals surface area contributed by atoms with Gasteiger partial charge >= 0.3 is 0 Å². The van der Waals surface area contributed by atoms with Crippen LogP contribution in [0.25, 0.3) is 10.4 Å². The standard InChI is InChI=1S/C52H70FN9O9S/c1-31(34-15-17-36(18-16-34)47-32(2)56-29-72-47)57-49(68)41-25-39(65)26-60(41)51(70)48(52(4,5)6)58-44(67)14-9-7-8-11-35-12-10-13-42(46(35)53)71-28-38(19-21-43(55)66)61(30-63)45-22-20-37-23-24-59(33(3)64)27-40(54)50(69)62(37)45/h10,12-13,15-18,20,29-31,38-41,45,48,65H,7-9,11,14,19,21-28,54H2,1-6H3,(H2,55,66)(H,57,68)(H,58,67)/t31-,38-,39+,40-,41-,45-,48+/m0/s1. The van der Waals surface area contributed by atoms with E-state index in [1.807, 2.05) is 65.0 Å². The van der Waals surface area contributed by atoms with Gasteiger partial charge in [0.1, 0.15) is 30.9 Å². The van der Waals surface area contributed by atoms with E-state index in [-0.39, 0.29) is 75.4 Å². The van der Waals surface area contributed by atoms with E-state index in [0.29, 0.717) is 56.3 Å². The van der Waals surface area contributed by atoms with Gasteiger partial charge in [-0.3, -0.25) is 38.5 Å². The zero-order chi connectivity index (χ0) is 52.4. The van der Waals surface area contributed by atoms with Crippen LogP contribution in [0, 0.1) is 18.2 Å². The first-order valence-electron chi connectivity index (χ1n) is 24.7. The number of carbonyl (C=O) groups is 7. The predicted molar refractivity (Wildman–Crippen MR) is 269 cm³/mol. The van der Waals surface area contributed by atoms with Crippen LogP contribution in [0.1, 0.15) is 115 Å². The Hall–Kier alpha value is -6.25. The Morgan fingerprint density at radius 1 is 1.06 bits per heavy atom. The molecule has 0 aliphatic carbocycles. The Kier molecular flexibility index (Phi) is 18.7. The van der Waals surface area contributed by atoms with Crippen molar-refractivity contribution in [1.29, 1.82) is 0 Å². The number of carbonyl (C=O) groups excluding carboxylic acids is 7. The average Bonchev–Trinajstić information content (AvgIpc) is 4.07. The van der Waals surface area contributed by atoms with E-state index in [9.17, 15) is 38.7 Å². The molecule has 1 aromatic heterocycles. The number of hydrogen-bond donors (Lipinski definition) is 5. The lowest BCUT2D eigenvalue weighted by molar-refractivity contribution is -0.144. The first-order valence-corrected chi connectivity index (χ1v) is 25.6. The van der Waals surface area contributed by atoms with E-state index in [0.717, 1.165) is 21.7 Å². The Labute approximate surface area is 424 Å². The van der Waals surface area contributed by atoms with Crippen LogP contribution in [-0.2, 0) is 40.0 Å². The molecular weight excluding hydrogens is 946 g/mol. The predicted octanol–water partition coefficient (Wildman–Crippen LogP) is 4.22. The molecule has 0 saturated carbocycles. The summed E-state index contributed by atoms with van der Waals surface area (Å²) in [5, 5.41) is 16.6. The fourth-order valence-electron chi connectivity index (χ4n) is 9.62. The van der Waals surface area contributed by atoms with E-state index in [2.05, 4.69) is 15.6 Å². The molecule has 7 amide bonds. The minimum atomic E-state index is -1.03. The Morgan fingerprint density at radius 2 is 1.79 bits per heavy atom. The van der Waals surface area contributed by atoms with Gasteiger partial charge in [-0.2, -0.15) is 0 Å². The number of aliphatic hydroxyl groups excluding tert-OH is 1. The molecule has 0 radical (unpaired) electrons. The first-order chi connectivity index (χ1) is 34.2. The number of halogens is 1. The average molecular weight is 1020 g/mol. The fourth-order valence-corrected chi connectivity index (χ4v) is 10.4. The van der Waals surface area contributed by atoms with Crippen LogP contribution in [0.2, 0.25) is 0 Å². The maximum absolute atomic E-state index is 16.0. The third kappa shape index (κ3) is 13.6. The Bertz CT molecular complexity index is 2480. The zero-order valence-electron chi connectivity index (χ0n) is 42.1. The maximum atomic E-state index is 16.0. The number of benzene rings is 2. The number of thiazole rings is 1. The number of rotatable bonds is 21. The fraction of sp³-hybridized carbons (Fsp3) is 0.538. The molecule has 2 aromatic carbocycles. The summed E-state index contributed by atoms with van der Waals surface area (Å²) in [5.41, 5.74) is 16.7. The van der Waals surface area contributed by atoms with E-state index in [1.54, 1.807) is 29.0 Å². The molecule has 0 bridgehead atoms. The highest BCUT2D eigenvalue weighted by atomic mass is 32.1. The second-order valence-electron chi connectivity index (χ2n) is 20.1. The van der Waals surface area contributed by atoms with Crippen LogP contribution in [0.3, 0.4) is 0 Å². The SMILES string of the molecule is CC(=O)N1CCC2=CC[C@@H](N(C=O)[C@@H](CCC(N)=O)COc3cccc(CCCCCC(=O)N[C@H](C(=O)N4C[C@H](O)C[C@H]4C(=O)N[C@@H](C)c4ccc(-c5scnc5C)cc4)C(C)(C)C)c3F)N2C(=O)[C@@H](N)C1. The lowest BCUT2D eigenvalue weighted by Gasteiger charge is -2.41. The summed E-state index contributed by atoms with van der Waals surface area (Å²) >= 11 is 1.56. The van der Waals surface area contributed by atoms with Crippen molar-refractivity contribution >= 4 is 53.2 Å². The molecule has 2 fully saturated rings. The number of ether oxygens (including phenoxy) is 1. The molecule has 72 heavy (non-hydrogen) atoms. The summed E-state index contributed by atoms with van der Waals surface area (Å²) in [6.07, 6.45) is 3.35. The topological polar surface area (TPSA) is 251 Å².